The van der Waals surface area contributed by atoms with Gasteiger partial charge in [0.05, 0.1) is 5.69 Å². The zero-order chi connectivity index (χ0) is 16.4. The van der Waals surface area contributed by atoms with Gasteiger partial charge in [-0.2, -0.15) is 5.10 Å². The first kappa shape index (κ1) is 14.8. The van der Waals surface area contributed by atoms with Crippen molar-refractivity contribution in [3.8, 4) is 11.5 Å². The summed E-state index contributed by atoms with van der Waals surface area (Å²) in [5.74, 6) is 1.65. The van der Waals surface area contributed by atoms with E-state index in [-0.39, 0.29) is 0 Å². The lowest BCUT2D eigenvalue weighted by Crippen LogP contribution is -2.26. The van der Waals surface area contributed by atoms with E-state index in [9.17, 15) is 0 Å². The van der Waals surface area contributed by atoms with Gasteiger partial charge in [0.2, 0.25) is 0 Å². The molecule has 6 heteroatoms. The van der Waals surface area contributed by atoms with Crippen LogP contribution in [-0.4, -0.2) is 26.3 Å². The van der Waals surface area contributed by atoms with Crippen LogP contribution in [0.4, 0.5) is 5.82 Å². The van der Waals surface area contributed by atoms with Crippen molar-refractivity contribution in [3.05, 3.63) is 59.4 Å². The van der Waals surface area contributed by atoms with Gasteiger partial charge in [-0.05, 0) is 24.6 Å². The minimum atomic E-state index is 0.716. The first-order chi connectivity index (χ1) is 11.8. The van der Waals surface area contributed by atoms with Crippen molar-refractivity contribution in [2.24, 2.45) is 7.05 Å². The predicted molar refractivity (Wildman–Crippen MR) is 93.4 cm³/mol. The highest BCUT2D eigenvalue weighted by molar-refractivity contribution is 5.57. The van der Waals surface area contributed by atoms with E-state index in [2.05, 4.69) is 40.0 Å². The molecule has 0 saturated carbocycles. The fourth-order valence-electron chi connectivity index (χ4n) is 3.00. The molecule has 1 aliphatic heterocycles. The number of nitrogens with zero attached hydrogens (tertiary/aromatic N) is 4. The van der Waals surface area contributed by atoms with Crippen molar-refractivity contribution >= 4 is 5.82 Å². The lowest BCUT2D eigenvalue weighted by atomic mass is 10.1. The second-order valence-corrected chi connectivity index (χ2v) is 5.93. The highest BCUT2D eigenvalue weighted by Crippen LogP contribution is 2.25. The van der Waals surface area contributed by atoms with Gasteiger partial charge in [-0.1, -0.05) is 30.3 Å². The van der Waals surface area contributed by atoms with Gasteiger partial charge in [-0.3, -0.25) is 4.68 Å². The molecule has 0 aliphatic carbocycles. The molecule has 4 rings (SSSR count). The lowest BCUT2D eigenvalue weighted by molar-refractivity contribution is 0.624. The van der Waals surface area contributed by atoms with Crippen LogP contribution in [0.3, 0.4) is 0 Å². The van der Waals surface area contributed by atoms with Crippen LogP contribution in [0.1, 0.15) is 16.8 Å². The fraction of sp³-hybridized carbons (Fsp3) is 0.278. The Balaban J connectivity index is 1.70. The molecule has 24 heavy (non-hydrogen) atoms. The van der Waals surface area contributed by atoms with E-state index in [1.165, 1.54) is 11.1 Å². The van der Waals surface area contributed by atoms with Gasteiger partial charge in [0.25, 0.3) is 0 Å². The van der Waals surface area contributed by atoms with Gasteiger partial charge >= 0.3 is 0 Å². The molecule has 2 aromatic heterocycles. The summed E-state index contributed by atoms with van der Waals surface area (Å²) in [4.78, 5) is 9.55. The first-order valence-electron chi connectivity index (χ1n) is 8.18. The molecule has 1 aromatic carbocycles. The Morgan fingerprint density at radius 2 is 2.04 bits per heavy atom. The Morgan fingerprint density at radius 1 is 1.17 bits per heavy atom. The molecule has 0 fully saturated rings. The van der Waals surface area contributed by atoms with Crippen molar-refractivity contribution < 1.29 is 0 Å². The number of aromatic nitrogens is 4. The number of aryl methyl sites for hydroxylation is 1. The van der Waals surface area contributed by atoms with Gasteiger partial charge in [0.15, 0.2) is 5.82 Å². The molecule has 0 bridgehead atoms. The van der Waals surface area contributed by atoms with Gasteiger partial charge in [0, 0.05) is 31.9 Å². The summed E-state index contributed by atoms with van der Waals surface area (Å²) in [6.07, 6.45) is 2.71. The molecule has 0 unspecified atom stereocenters. The van der Waals surface area contributed by atoms with Gasteiger partial charge in [0.1, 0.15) is 11.5 Å². The van der Waals surface area contributed by atoms with Gasteiger partial charge < -0.3 is 10.6 Å². The van der Waals surface area contributed by atoms with Crippen LogP contribution in [0.15, 0.2) is 42.6 Å². The summed E-state index contributed by atoms with van der Waals surface area (Å²) >= 11 is 0. The van der Waals surface area contributed by atoms with Crippen molar-refractivity contribution in [2.45, 2.75) is 19.5 Å². The summed E-state index contributed by atoms with van der Waals surface area (Å²) in [5, 5.41) is 11.1. The average Bonchev–Trinajstić information content (AvgIpc) is 3.06. The molecule has 0 radical (unpaired) electrons. The summed E-state index contributed by atoms with van der Waals surface area (Å²) in [7, 11) is 1.91. The highest BCUT2D eigenvalue weighted by Gasteiger charge is 2.19. The molecular formula is C18H20N6. The summed E-state index contributed by atoms with van der Waals surface area (Å²) in [5.41, 5.74) is 4.45. The van der Waals surface area contributed by atoms with Crippen molar-refractivity contribution in [2.75, 3.05) is 11.9 Å². The molecular weight excluding hydrogens is 300 g/mol. The molecule has 2 N–H and O–H groups in total. The number of anilines is 1. The largest absolute Gasteiger partial charge is 0.366 e. The number of rotatable bonds is 4. The van der Waals surface area contributed by atoms with Crippen LogP contribution in [0.5, 0.6) is 0 Å². The van der Waals surface area contributed by atoms with E-state index >= 15 is 0 Å². The minimum Gasteiger partial charge on any atom is -0.366 e. The maximum Gasteiger partial charge on any atom is 0.180 e. The smallest absolute Gasteiger partial charge is 0.180 e. The molecule has 3 heterocycles. The fourth-order valence-corrected chi connectivity index (χ4v) is 3.00. The Hall–Kier alpha value is -2.73. The van der Waals surface area contributed by atoms with Crippen LogP contribution < -0.4 is 10.6 Å². The van der Waals surface area contributed by atoms with Gasteiger partial charge in [-0.25, -0.2) is 9.97 Å². The molecule has 6 nitrogen and oxygen atoms in total. The molecule has 0 amide bonds. The zero-order valence-electron chi connectivity index (χ0n) is 13.7. The highest BCUT2D eigenvalue weighted by atomic mass is 15.3. The molecule has 0 spiro atoms. The Kier molecular flexibility index (Phi) is 3.96. The number of hydrogen-bond donors (Lipinski definition) is 2. The standard InChI is InChI=1S/C18H20N6/c1-24-16(8-10-21-24)18-22-15-12-19-9-7-14(15)17(23-18)20-11-13-5-3-2-4-6-13/h2-6,8,10,19H,7,9,11-12H2,1H3,(H,20,22,23). The van der Waals surface area contributed by atoms with E-state index in [0.29, 0.717) is 5.82 Å². The lowest BCUT2D eigenvalue weighted by Gasteiger charge is -2.20. The van der Waals surface area contributed by atoms with Crippen LogP contribution in [0.2, 0.25) is 0 Å². The topological polar surface area (TPSA) is 67.7 Å². The van der Waals surface area contributed by atoms with E-state index in [4.69, 9.17) is 9.97 Å². The first-order valence-corrected chi connectivity index (χ1v) is 8.18. The number of fused-ring (bicyclic) bond motifs is 1. The Labute approximate surface area is 141 Å². The predicted octanol–water partition coefficient (Wildman–Crippen LogP) is 2.13. The van der Waals surface area contributed by atoms with E-state index in [1.54, 1.807) is 10.9 Å². The number of nitrogens with one attached hydrogen (secondary N) is 2. The Morgan fingerprint density at radius 3 is 2.83 bits per heavy atom. The summed E-state index contributed by atoms with van der Waals surface area (Å²) in [6, 6.07) is 12.3. The normalized spacial score (nSPS) is 13.5. The van der Waals surface area contributed by atoms with Gasteiger partial charge in [-0.15, -0.1) is 0 Å². The number of benzene rings is 1. The second-order valence-electron chi connectivity index (χ2n) is 5.93. The van der Waals surface area contributed by atoms with Crippen molar-refractivity contribution in [1.29, 1.82) is 0 Å². The molecule has 1 aliphatic rings. The van der Waals surface area contributed by atoms with Crippen molar-refractivity contribution in [3.63, 3.8) is 0 Å². The monoisotopic (exact) mass is 320 g/mol. The summed E-state index contributed by atoms with van der Waals surface area (Å²) < 4.78 is 1.80. The van der Waals surface area contributed by atoms with Crippen LogP contribution in [0.25, 0.3) is 11.5 Å². The summed E-state index contributed by atoms with van der Waals surface area (Å²) in [6.45, 7) is 2.49. The maximum atomic E-state index is 4.79. The maximum absolute atomic E-state index is 4.79. The third-order valence-corrected chi connectivity index (χ3v) is 4.29. The average molecular weight is 320 g/mol. The third kappa shape index (κ3) is 2.88. The third-order valence-electron chi connectivity index (χ3n) is 4.29. The van der Waals surface area contributed by atoms with Crippen LogP contribution >= 0.6 is 0 Å². The minimum absolute atomic E-state index is 0.716. The second kappa shape index (κ2) is 6.41. The van der Waals surface area contributed by atoms with Crippen LogP contribution in [-0.2, 0) is 26.6 Å². The zero-order valence-corrected chi connectivity index (χ0v) is 13.7. The molecule has 0 atom stereocenters. The molecule has 122 valence electrons. The van der Waals surface area contributed by atoms with Crippen molar-refractivity contribution in [1.82, 2.24) is 25.1 Å². The SMILES string of the molecule is Cn1nccc1-c1nc2c(c(NCc3ccccc3)n1)CCNC2. The van der Waals surface area contributed by atoms with Crippen LogP contribution in [0, 0.1) is 0 Å². The van der Waals surface area contributed by atoms with E-state index < -0.39 is 0 Å². The molecule has 3 aromatic rings. The molecule has 0 saturated heterocycles. The van der Waals surface area contributed by atoms with E-state index in [0.717, 1.165) is 43.3 Å². The Bertz CT molecular complexity index is 840. The van der Waals surface area contributed by atoms with E-state index in [1.807, 2.05) is 19.2 Å². The number of hydrogen-bond acceptors (Lipinski definition) is 5. The quantitative estimate of drug-likeness (QED) is 0.771.